The van der Waals surface area contributed by atoms with Crippen LogP contribution < -0.4 is 0 Å². The summed E-state index contributed by atoms with van der Waals surface area (Å²) in [5.41, 5.74) is 5.61. The number of benzene rings is 2. The minimum Gasteiger partial charge on any atom is -0.361 e. The van der Waals surface area contributed by atoms with Crippen molar-refractivity contribution in [2.45, 2.75) is 32.1 Å². The lowest BCUT2D eigenvalue weighted by Gasteiger charge is -2.32. The van der Waals surface area contributed by atoms with E-state index in [9.17, 15) is 0 Å². The summed E-state index contributed by atoms with van der Waals surface area (Å²) in [5.74, 6) is 0.702. The third-order valence-electron chi connectivity index (χ3n) is 5.46. The van der Waals surface area contributed by atoms with E-state index in [4.69, 9.17) is 0 Å². The third-order valence-corrected chi connectivity index (χ3v) is 5.46. The van der Waals surface area contributed by atoms with Crippen LogP contribution in [-0.2, 0) is 6.42 Å². The number of piperidine rings is 1. The molecule has 2 heterocycles. The number of nitrogens with zero attached hydrogens (tertiary/aromatic N) is 1. The van der Waals surface area contributed by atoms with Crippen molar-refractivity contribution in [2.75, 3.05) is 19.6 Å². The highest BCUT2D eigenvalue weighted by Gasteiger charge is 2.22. The van der Waals surface area contributed by atoms with Crippen LogP contribution in [-0.4, -0.2) is 29.5 Å². The van der Waals surface area contributed by atoms with Crippen LogP contribution in [0.4, 0.5) is 0 Å². The first-order chi connectivity index (χ1) is 11.8. The monoisotopic (exact) mass is 318 g/mol. The van der Waals surface area contributed by atoms with Gasteiger partial charge in [0.1, 0.15) is 0 Å². The molecule has 1 aliphatic rings. The molecule has 1 aromatic heterocycles. The Labute approximate surface area is 144 Å². The standard InChI is InChI=1S/C22H26N2/c1-17-7-8-22-20(15-17)21(16-23-22)19-10-13-24(14-11-19)12-9-18-5-3-2-4-6-18/h2-8,15-16,19,23H,9-14H2,1H3. The molecule has 0 bridgehead atoms. The van der Waals surface area contributed by atoms with Gasteiger partial charge in [-0.15, -0.1) is 0 Å². The molecule has 0 aliphatic carbocycles. The van der Waals surface area contributed by atoms with Gasteiger partial charge in [0.2, 0.25) is 0 Å². The zero-order valence-corrected chi connectivity index (χ0v) is 14.5. The predicted molar refractivity (Wildman–Crippen MR) is 102 cm³/mol. The van der Waals surface area contributed by atoms with Crippen LogP contribution in [0.5, 0.6) is 0 Å². The average Bonchev–Trinajstić information content (AvgIpc) is 3.04. The van der Waals surface area contributed by atoms with Crippen LogP contribution in [0.15, 0.2) is 54.7 Å². The molecule has 0 unspecified atom stereocenters. The lowest BCUT2D eigenvalue weighted by Crippen LogP contribution is -2.34. The van der Waals surface area contributed by atoms with Gasteiger partial charge in [-0.2, -0.15) is 0 Å². The van der Waals surface area contributed by atoms with Crippen molar-refractivity contribution in [3.05, 3.63) is 71.4 Å². The van der Waals surface area contributed by atoms with Crippen LogP contribution in [0, 0.1) is 6.92 Å². The maximum Gasteiger partial charge on any atom is 0.0457 e. The number of aromatic amines is 1. The van der Waals surface area contributed by atoms with Gasteiger partial charge < -0.3 is 9.88 Å². The van der Waals surface area contributed by atoms with E-state index in [0.717, 1.165) is 6.42 Å². The lowest BCUT2D eigenvalue weighted by molar-refractivity contribution is 0.215. The summed E-state index contributed by atoms with van der Waals surface area (Å²) in [6.45, 7) is 5.80. The molecule has 24 heavy (non-hydrogen) atoms. The topological polar surface area (TPSA) is 19.0 Å². The summed E-state index contributed by atoms with van der Waals surface area (Å²) in [5, 5.41) is 1.43. The van der Waals surface area contributed by atoms with Crippen molar-refractivity contribution >= 4 is 10.9 Å². The number of aromatic nitrogens is 1. The minimum atomic E-state index is 0.702. The number of aryl methyl sites for hydroxylation is 1. The fourth-order valence-electron chi connectivity index (χ4n) is 3.99. The average molecular weight is 318 g/mol. The molecule has 0 radical (unpaired) electrons. The van der Waals surface area contributed by atoms with Gasteiger partial charge in [0, 0.05) is 23.6 Å². The fourth-order valence-corrected chi connectivity index (χ4v) is 3.99. The zero-order chi connectivity index (χ0) is 16.4. The summed E-state index contributed by atoms with van der Waals surface area (Å²) in [6.07, 6.45) is 5.96. The van der Waals surface area contributed by atoms with Crippen LogP contribution in [0.1, 0.15) is 35.4 Å². The Morgan fingerprint density at radius 1 is 1.04 bits per heavy atom. The number of rotatable bonds is 4. The first kappa shape index (κ1) is 15.5. The largest absolute Gasteiger partial charge is 0.361 e. The Morgan fingerprint density at radius 2 is 1.83 bits per heavy atom. The fraction of sp³-hybridized carbons (Fsp3) is 0.364. The van der Waals surface area contributed by atoms with Crippen molar-refractivity contribution in [3.63, 3.8) is 0 Å². The van der Waals surface area contributed by atoms with E-state index >= 15 is 0 Å². The van der Waals surface area contributed by atoms with E-state index in [1.54, 1.807) is 0 Å². The first-order valence-corrected chi connectivity index (χ1v) is 9.13. The van der Waals surface area contributed by atoms with Gasteiger partial charge >= 0.3 is 0 Å². The predicted octanol–water partition coefficient (Wildman–Crippen LogP) is 4.90. The number of H-pyrrole nitrogens is 1. The van der Waals surface area contributed by atoms with E-state index in [0.29, 0.717) is 5.92 Å². The van der Waals surface area contributed by atoms with Gasteiger partial charge in [-0.25, -0.2) is 0 Å². The summed E-state index contributed by atoms with van der Waals surface area (Å²) < 4.78 is 0. The highest BCUT2D eigenvalue weighted by Crippen LogP contribution is 2.33. The minimum absolute atomic E-state index is 0.702. The van der Waals surface area contributed by atoms with Crippen LogP contribution >= 0.6 is 0 Å². The van der Waals surface area contributed by atoms with E-state index in [1.165, 1.54) is 60.1 Å². The summed E-state index contributed by atoms with van der Waals surface area (Å²) in [6, 6.07) is 17.6. The molecule has 1 saturated heterocycles. The molecule has 1 fully saturated rings. The molecule has 1 N–H and O–H groups in total. The van der Waals surface area contributed by atoms with Crippen LogP contribution in [0.25, 0.3) is 10.9 Å². The van der Waals surface area contributed by atoms with Crippen molar-refractivity contribution in [1.29, 1.82) is 0 Å². The maximum atomic E-state index is 3.46. The van der Waals surface area contributed by atoms with Gasteiger partial charge in [-0.05, 0) is 68.5 Å². The van der Waals surface area contributed by atoms with Gasteiger partial charge in [-0.1, -0.05) is 42.0 Å². The van der Waals surface area contributed by atoms with E-state index in [-0.39, 0.29) is 0 Å². The molecule has 4 rings (SSSR count). The van der Waals surface area contributed by atoms with E-state index in [2.05, 4.69) is 71.5 Å². The first-order valence-electron chi connectivity index (χ1n) is 9.13. The Hall–Kier alpha value is -2.06. The molecule has 2 aromatic carbocycles. The van der Waals surface area contributed by atoms with Gasteiger partial charge in [0.15, 0.2) is 0 Å². The quantitative estimate of drug-likeness (QED) is 0.725. The molecular weight excluding hydrogens is 292 g/mol. The van der Waals surface area contributed by atoms with Crippen molar-refractivity contribution in [2.24, 2.45) is 0 Å². The number of nitrogens with one attached hydrogen (secondary N) is 1. The third kappa shape index (κ3) is 3.25. The van der Waals surface area contributed by atoms with E-state index in [1.807, 2.05) is 0 Å². The maximum absolute atomic E-state index is 3.46. The molecule has 0 amide bonds. The zero-order valence-electron chi connectivity index (χ0n) is 14.5. The molecule has 0 saturated carbocycles. The second-order valence-electron chi connectivity index (χ2n) is 7.14. The molecular formula is C22H26N2. The molecule has 3 aromatic rings. The smallest absolute Gasteiger partial charge is 0.0457 e. The SMILES string of the molecule is Cc1ccc2[nH]cc(C3CCN(CCc4ccccc4)CC3)c2c1. The number of hydrogen-bond acceptors (Lipinski definition) is 1. The Morgan fingerprint density at radius 3 is 2.62 bits per heavy atom. The van der Waals surface area contributed by atoms with Crippen molar-refractivity contribution in [3.8, 4) is 0 Å². The van der Waals surface area contributed by atoms with Gasteiger partial charge in [0.05, 0.1) is 0 Å². The number of fused-ring (bicyclic) bond motifs is 1. The molecule has 2 heteroatoms. The van der Waals surface area contributed by atoms with Gasteiger partial charge in [-0.3, -0.25) is 0 Å². The lowest BCUT2D eigenvalue weighted by atomic mass is 9.89. The van der Waals surface area contributed by atoms with Crippen LogP contribution in [0.3, 0.4) is 0 Å². The second-order valence-corrected chi connectivity index (χ2v) is 7.14. The molecule has 0 atom stereocenters. The van der Waals surface area contributed by atoms with Crippen molar-refractivity contribution in [1.82, 2.24) is 9.88 Å². The second kappa shape index (κ2) is 6.82. The molecule has 124 valence electrons. The normalized spacial score (nSPS) is 16.7. The van der Waals surface area contributed by atoms with Crippen LogP contribution in [0.2, 0.25) is 0 Å². The molecule has 1 aliphatic heterocycles. The number of hydrogen-bond donors (Lipinski definition) is 1. The number of likely N-dealkylation sites (tertiary alicyclic amines) is 1. The van der Waals surface area contributed by atoms with Gasteiger partial charge in [0.25, 0.3) is 0 Å². The summed E-state index contributed by atoms with van der Waals surface area (Å²) in [4.78, 5) is 6.09. The Balaban J connectivity index is 1.38. The molecule has 0 spiro atoms. The van der Waals surface area contributed by atoms with Crippen molar-refractivity contribution < 1.29 is 0 Å². The highest BCUT2D eigenvalue weighted by atomic mass is 15.1. The summed E-state index contributed by atoms with van der Waals surface area (Å²) >= 11 is 0. The summed E-state index contributed by atoms with van der Waals surface area (Å²) in [7, 11) is 0. The van der Waals surface area contributed by atoms with E-state index < -0.39 is 0 Å². The highest BCUT2D eigenvalue weighted by molar-refractivity contribution is 5.84. The Bertz CT molecular complexity index is 795. The molecule has 2 nitrogen and oxygen atoms in total. The Kier molecular flexibility index (Phi) is 4.40.